The summed E-state index contributed by atoms with van der Waals surface area (Å²) in [5, 5.41) is 10.3. The molecule has 1 amide bonds. The molecule has 2 aromatic rings. The van der Waals surface area contributed by atoms with Crippen LogP contribution in [0.5, 0.6) is 0 Å². The summed E-state index contributed by atoms with van der Waals surface area (Å²) >= 11 is 0. The summed E-state index contributed by atoms with van der Waals surface area (Å²) in [4.78, 5) is 20.1. The maximum absolute atomic E-state index is 12.1. The van der Waals surface area contributed by atoms with Crippen LogP contribution in [0.3, 0.4) is 0 Å². The van der Waals surface area contributed by atoms with Gasteiger partial charge in [-0.05, 0) is 50.4 Å². The predicted octanol–water partition coefficient (Wildman–Crippen LogP) is 0.782. The molecule has 22 heavy (non-hydrogen) atoms. The van der Waals surface area contributed by atoms with Crippen LogP contribution in [0.4, 0.5) is 0 Å². The van der Waals surface area contributed by atoms with Crippen LogP contribution in [0.15, 0.2) is 31.0 Å². The Hall–Kier alpha value is -2.28. The third-order valence-corrected chi connectivity index (χ3v) is 3.90. The zero-order valence-electron chi connectivity index (χ0n) is 12.4. The van der Waals surface area contributed by atoms with E-state index in [0.29, 0.717) is 18.2 Å². The lowest BCUT2D eigenvalue weighted by Gasteiger charge is -2.22. The van der Waals surface area contributed by atoms with Crippen LogP contribution in [-0.2, 0) is 0 Å². The van der Waals surface area contributed by atoms with Gasteiger partial charge in [0.1, 0.15) is 18.3 Å². The molecule has 1 unspecified atom stereocenters. The molecule has 3 rings (SSSR count). The van der Waals surface area contributed by atoms with Crippen molar-refractivity contribution in [2.75, 3.05) is 19.6 Å². The molecule has 0 bridgehead atoms. The molecule has 1 atom stereocenters. The van der Waals surface area contributed by atoms with Crippen LogP contribution in [-0.4, -0.2) is 45.3 Å². The van der Waals surface area contributed by atoms with Crippen LogP contribution in [0.2, 0.25) is 0 Å². The first kappa shape index (κ1) is 14.6. The fraction of sp³-hybridized carbons (Fsp3) is 0.467. The van der Waals surface area contributed by atoms with Crippen molar-refractivity contribution < 1.29 is 4.79 Å². The van der Waals surface area contributed by atoms with Gasteiger partial charge in [0.2, 0.25) is 0 Å². The highest BCUT2D eigenvalue weighted by Crippen LogP contribution is 2.13. The number of pyridine rings is 1. The second-order valence-corrected chi connectivity index (χ2v) is 5.50. The third-order valence-electron chi connectivity index (χ3n) is 3.90. The first-order valence-corrected chi connectivity index (χ1v) is 7.63. The number of piperidine rings is 1. The Kier molecular flexibility index (Phi) is 4.75. The van der Waals surface area contributed by atoms with Crippen molar-refractivity contribution in [1.29, 1.82) is 0 Å². The van der Waals surface area contributed by atoms with Crippen LogP contribution < -0.4 is 10.6 Å². The average Bonchev–Trinajstić information content (AvgIpc) is 3.10. The van der Waals surface area contributed by atoms with Gasteiger partial charge < -0.3 is 10.6 Å². The highest BCUT2D eigenvalue weighted by Gasteiger charge is 2.13. The third kappa shape index (κ3) is 3.67. The van der Waals surface area contributed by atoms with E-state index in [1.807, 2.05) is 6.07 Å². The van der Waals surface area contributed by atoms with Crippen molar-refractivity contribution in [1.82, 2.24) is 30.4 Å². The smallest absolute Gasteiger partial charge is 0.269 e. The average molecular weight is 300 g/mol. The number of nitrogens with zero attached hydrogens (tertiary/aromatic N) is 4. The van der Waals surface area contributed by atoms with Crippen molar-refractivity contribution >= 4 is 5.91 Å². The molecule has 116 valence electrons. The van der Waals surface area contributed by atoms with Gasteiger partial charge in [-0.15, -0.1) is 0 Å². The van der Waals surface area contributed by atoms with Crippen LogP contribution in [0.25, 0.3) is 5.69 Å². The SMILES string of the molecule is O=C(NCCC1CCCNC1)c1ccc(-n2cncn2)cn1. The molecule has 0 saturated carbocycles. The van der Waals surface area contributed by atoms with E-state index in [2.05, 4.69) is 25.7 Å². The summed E-state index contributed by atoms with van der Waals surface area (Å²) in [6.45, 7) is 2.86. The molecule has 0 spiro atoms. The number of carbonyl (C=O) groups is 1. The van der Waals surface area contributed by atoms with Gasteiger partial charge in [-0.2, -0.15) is 5.10 Å². The number of amides is 1. The number of hydrogen-bond acceptors (Lipinski definition) is 5. The maximum Gasteiger partial charge on any atom is 0.269 e. The molecular formula is C15H20N6O. The van der Waals surface area contributed by atoms with Gasteiger partial charge in [-0.3, -0.25) is 4.79 Å². The predicted molar refractivity (Wildman–Crippen MR) is 81.7 cm³/mol. The van der Waals surface area contributed by atoms with E-state index in [9.17, 15) is 4.79 Å². The number of rotatable bonds is 5. The minimum atomic E-state index is -0.131. The summed E-state index contributed by atoms with van der Waals surface area (Å²) in [7, 11) is 0. The van der Waals surface area contributed by atoms with Crippen molar-refractivity contribution in [2.24, 2.45) is 5.92 Å². The van der Waals surface area contributed by atoms with Crippen molar-refractivity contribution in [3.63, 3.8) is 0 Å². The number of nitrogens with one attached hydrogen (secondary N) is 2. The molecule has 0 radical (unpaired) electrons. The fourth-order valence-corrected chi connectivity index (χ4v) is 2.65. The first-order valence-electron chi connectivity index (χ1n) is 7.63. The molecule has 2 N–H and O–H groups in total. The van der Waals surface area contributed by atoms with Crippen LogP contribution in [0, 0.1) is 5.92 Å². The lowest BCUT2D eigenvalue weighted by Crippen LogP contribution is -2.33. The molecule has 2 aromatic heterocycles. The van der Waals surface area contributed by atoms with Crippen molar-refractivity contribution in [3.05, 3.63) is 36.7 Å². The molecule has 1 fully saturated rings. The Morgan fingerprint density at radius 2 is 2.41 bits per heavy atom. The molecule has 7 nitrogen and oxygen atoms in total. The number of hydrogen-bond donors (Lipinski definition) is 2. The highest BCUT2D eigenvalue weighted by molar-refractivity contribution is 5.92. The van der Waals surface area contributed by atoms with E-state index in [0.717, 1.165) is 25.2 Å². The maximum atomic E-state index is 12.1. The summed E-state index contributed by atoms with van der Waals surface area (Å²) in [6.07, 6.45) is 8.15. The van der Waals surface area contributed by atoms with Crippen molar-refractivity contribution in [2.45, 2.75) is 19.3 Å². The minimum Gasteiger partial charge on any atom is -0.351 e. The van der Waals surface area contributed by atoms with Gasteiger partial charge in [0.05, 0.1) is 11.9 Å². The molecule has 0 aliphatic carbocycles. The van der Waals surface area contributed by atoms with E-state index in [4.69, 9.17) is 0 Å². The van der Waals surface area contributed by atoms with E-state index in [1.54, 1.807) is 23.3 Å². The fourth-order valence-electron chi connectivity index (χ4n) is 2.65. The summed E-state index contributed by atoms with van der Waals surface area (Å²) < 4.78 is 1.60. The van der Waals surface area contributed by atoms with Crippen LogP contribution in [0.1, 0.15) is 29.8 Å². The Balaban J connectivity index is 1.49. The van der Waals surface area contributed by atoms with E-state index in [-0.39, 0.29) is 5.91 Å². The lowest BCUT2D eigenvalue weighted by atomic mass is 9.96. The van der Waals surface area contributed by atoms with E-state index >= 15 is 0 Å². The topological polar surface area (TPSA) is 84.7 Å². The molecule has 0 aromatic carbocycles. The first-order chi connectivity index (χ1) is 10.8. The second-order valence-electron chi connectivity index (χ2n) is 5.50. The zero-order chi connectivity index (χ0) is 15.2. The van der Waals surface area contributed by atoms with Gasteiger partial charge >= 0.3 is 0 Å². The summed E-state index contributed by atoms with van der Waals surface area (Å²) in [6, 6.07) is 3.51. The lowest BCUT2D eigenvalue weighted by molar-refractivity contribution is 0.0945. The second kappa shape index (κ2) is 7.13. The van der Waals surface area contributed by atoms with E-state index in [1.165, 1.54) is 19.2 Å². The highest BCUT2D eigenvalue weighted by atomic mass is 16.1. The molecule has 7 heteroatoms. The van der Waals surface area contributed by atoms with Gasteiger partial charge in [0.25, 0.3) is 5.91 Å². The quantitative estimate of drug-likeness (QED) is 0.852. The van der Waals surface area contributed by atoms with Crippen molar-refractivity contribution in [3.8, 4) is 5.69 Å². The van der Waals surface area contributed by atoms with Crippen LogP contribution >= 0.6 is 0 Å². The normalized spacial score (nSPS) is 18.1. The minimum absolute atomic E-state index is 0.131. The molecule has 1 aliphatic heterocycles. The zero-order valence-corrected chi connectivity index (χ0v) is 12.4. The Morgan fingerprint density at radius 3 is 3.09 bits per heavy atom. The molecule has 3 heterocycles. The largest absolute Gasteiger partial charge is 0.351 e. The summed E-state index contributed by atoms with van der Waals surface area (Å²) in [5.74, 6) is 0.533. The Morgan fingerprint density at radius 1 is 1.45 bits per heavy atom. The summed E-state index contributed by atoms with van der Waals surface area (Å²) in [5.41, 5.74) is 1.20. The van der Waals surface area contributed by atoms with Gasteiger partial charge in [0.15, 0.2) is 0 Å². The molecule has 1 saturated heterocycles. The number of carbonyl (C=O) groups excluding carboxylic acids is 1. The molecule has 1 aliphatic rings. The van der Waals surface area contributed by atoms with Gasteiger partial charge in [0, 0.05) is 6.54 Å². The van der Waals surface area contributed by atoms with Gasteiger partial charge in [-0.25, -0.2) is 14.6 Å². The Labute approximate surface area is 129 Å². The van der Waals surface area contributed by atoms with Gasteiger partial charge in [-0.1, -0.05) is 0 Å². The molecular weight excluding hydrogens is 280 g/mol. The van der Waals surface area contributed by atoms with E-state index < -0.39 is 0 Å². The monoisotopic (exact) mass is 300 g/mol. The number of aromatic nitrogens is 4. The standard InChI is InChI=1S/C15H20N6O/c22-15(18-7-5-12-2-1-6-16-8-12)14-4-3-13(9-19-14)21-11-17-10-20-21/h3-4,9-12,16H,1-2,5-8H2,(H,18,22). The Bertz CT molecular complexity index is 589.